The van der Waals surface area contributed by atoms with Crippen molar-refractivity contribution in [3.8, 4) is 5.75 Å². The molecule has 0 atom stereocenters. The molecule has 0 saturated carbocycles. The maximum absolute atomic E-state index is 13.3. The number of nitrogens with two attached hydrogens (primary N) is 1. The van der Waals surface area contributed by atoms with Crippen LogP contribution in [-0.4, -0.2) is 6.61 Å². The summed E-state index contributed by atoms with van der Waals surface area (Å²) in [7, 11) is 0. The topological polar surface area (TPSA) is 35.2 Å². The fraction of sp³-hybridized carbons (Fsp3) is 0.200. The maximum atomic E-state index is 13.3. The van der Waals surface area contributed by atoms with Crippen molar-refractivity contribution < 1.29 is 9.13 Å². The van der Waals surface area contributed by atoms with Gasteiger partial charge < -0.3 is 10.5 Å². The van der Waals surface area contributed by atoms with Crippen LogP contribution in [0.5, 0.6) is 5.75 Å². The Balaban J connectivity index is 1.82. The zero-order valence-corrected chi connectivity index (χ0v) is 12.2. The molecule has 3 rings (SSSR count). The molecule has 0 radical (unpaired) electrons. The average Bonchev–Trinajstić information content (AvgIpc) is 2.82. The van der Waals surface area contributed by atoms with Gasteiger partial charge in [-0.05, 0) is 35.9 Å². The summed E-state index contributed by atoms with van der Waals surface area (Å²) >= 11 is 7.63. The quantitative estimate of drug-likeness (QED) is 0.678. The van der Waals surface area contributed by atoms with Crippen LogP contribution in [0.3, 0.4) is 0 Å². The molecule has 0 amide bonds. The predicted octanol–water partition coefficient (Wildman–Crippen LogP) is 4.29. The van der Waals surface area contributed by atoms with E-state index in [4.69, 9.17) is 22.1 Å². The van der Waals surface area contributed by atoms with Crippen molar-refractivity contribution in [1.82, 2.24) is 0 Å². The molecule has 1 aliphatic rings. The first-order valence-corrected chi connectivity index (χ1v) is 7.61. The van der Waals surface area contributed by atoms with Crippen molar-refractivity contribution in [2.45, 2.75) is 17.1 Å². The molecule has 5 heteroatoms. The number of thioether (sulfide) groups is 1. The van der Waals surface area contributed by atoms with E-state index in [1.165, 1.54) is 23.9 Å². The Kier molecular flexibility index (Phi) is 3.76. The van der Waals surface area contributed by atoms with Gasteiger partial charge >= 0.3 is 0 Å². The lowest BCUT2D eigenvalue weighted by Gasteiger charge is -2.09. The van der Waals surface area contributed by atoms with Gasteiger partial charge in [0.2, 0.25) is 0 Å². The molecule has 0 bridgehead atoms. The summed E-state index contributed by atoms with van der Waals surface area (Å²) in [5.41, 5.74) is 8.26. The highest BCUT2D eigenvalue weighted by molar-refractivity contribution is 7.98. The van der Waals surface area contributed by atoms with Crippen LogP contribution in [0.25, 0.3) is 0 Å². The lowest BCUT2D eigenvalue weighted by Crippen LogP contribution is -1.91. The molecule has 0 saturated heterocycles. The summed E-state index contributed by atoms with van der Waals surface area (Å²) in [5, 5.41) is 0.712. The van der Waals surface area contributed by atoms with Crippen LogP contribution in [-0.2, 0) is 12.2 Å². The van der Waals surface area contributed by atoms with Crippen molar-refractivity contribution >= 4 is 29.1 Å². The van der Waals surface area contributed by atoms with E-state index in [9.17, 15) is 4.39 Å². The minimum atomic E-state index is -0.319. The zero-order valence-electron chi connectivity index (χ0n) is 10.7. The van der Waals surface area contributed by atoms with Gasteiger partial charge in [0.1, 0.15) is 11.6 Å². The van der Waals surface area contributed by atoms with Gasteiger partial charge in [-0.25, -0.2) is 4.39 Å². The van der Waals surface area contributed by atoms with Gasteiger partial charge in [-0.1, -0.05) is 11.6 Å². The van der Waals surface area contributed by atoms with Crippen LogP contribution >= 0.6 is 23.4 Å². The van der Waals surface area contributed by atoms with E-state index in [1.807, 2.05) is 12.1 Å². The van der Waals surface area contributed by atoms with Crippen LogP contribution in [0, 0.1) is 5.82 Å². The Morgan fingerprint density at radius 3 is 2.90 bits per heavy atom. The summed E-state index contributed by atoms with van der Waals surface area (Å²) in [6, 6.07) is 8.40. The van der Waals surface area contributed by atoms with Gasteiger partial charge in [-0.3, -0.25) is 0 Å². The molecular formula is C15H13ClFNOS. The van der Waals surface area contributed by atoms with E-state index in [1.54, 1.807) is 6.07 Å². The summed E-state index contributed by atoms with van der Waals surface area (Å²) in [5.74, 6) is 1.28. The molecule has 1 heterocycles. The fourth-order valence-corrected chi connectivity index (χ4v) is 3.50. The molecule has 2 aromatic rings. The SMILES string of the molecule is Nc1cc(F)cc(SCc2cc(Cl)cc3c2OCC3)c1. The second-order valence-corrected chi connectivity index (χ2v) is 6.15. The van der Waals surface area contributed by atoms with Gasteiger partial charge in [0.25, 0.3) is 0 Å². The number of anilines is 1. The predicted molar refractivity (Wildman–Crippen MR) is 81.0 cm³/mol. The molecule has 0 aliphatic carbocycles. The Hall–Kier alpha value is -1.39. The van der Waals surface area contributed by atoms with E-state index in [-0.39, 0.29) is 5.82 Å². The Labute approximate surface area is 126 Å². The zero-order chi connectivity index (χ0) is 14.1. The lowest BCUT2D eigenvalue weighted by atomic mass is 10.1. The van der Waals surface area contributed by atoms with Crippen molar-refractivity contribution in [1.29, 1.82) is 0 Å². The monoisotopic (exact) mass is 309 g/mol. The smallest absolute Gasteiger partial charge is 0.126 e. The molecule has 20 heavy (non-hydrogen) atoms. The van der Waals surface area contributed by atoms with E-state index in [0.29, 0.717) is 23.1 Å². The van der Waals surface area contributed by atoms with Crippen LogP contribution in [0.15, 0.2) is 35.2 Å². The molecule has 2 nitrogen and oxygen atoms in total. The number of nitrogen functional groups attached to an aromatic ring is 1. The van der Waals surface area contributed by atoms with Gasteiger partial charge in [-0.2, -0.15) is 0 Å². The number of rotatable bonds is 3. The minimum Gasteiger partial charge on any atom is -0.493 e. The molecular weight excluding hydrogens is 297 g/mol. The number of halogens is 2. The Morgan fingerprint density at radius 2 is 2.10 bits per heavy atom. The largest absolute Gasteiger partial charge is 0.493 e. The third kappa shape index (κ3) is 2.86. The second kappa shape index (κ2) is 5.54. The third-order valence-corrected chi connectivity index (χ3v) is 4.36. The number of fused-ring (bicyclic) bond motifs is 1. The van der Waals surface area contributed by atoms with Gasteiger partial charge in [0, 0.05) is 33.3 Å². The summed E-state index contributed by atoms with van der Waals surface area (Å²) < 4.78 is 18.9. The number of hydrogen-bond donors (Lipinski definition) is 1. The van der Waals surface area contributed by atoms with Gasteiger partial charge in [0.05, 0.1) is 6.61 Å². The van der Waals surface area contributed by atoms with E-state index < -0.39 is 0 Å². The summed E-state index contributed by atoms with van der Waals surface area (Å²) in [4.78, 5) is 0.800. The maximum Gasteiger partial charge on any atom is 0.126 e. The summed E-state index contributed by atoms with van der Waals surface area (Å²) in [6.07, 6.45) is 0.889. The van der Waals surface area contributed by atoms with Crippen molar-refractivity contribution in [2.24, 2.45) is 0 Å². The Morgan fingerprint density at radius 1 is 1.25 bits per heavy atom. The highest BCUT2D eigenvalue weighted by Gasteiger charge is 2.17. The van der Waals surface area contributed by atoms with Crippen LogP contribution in [0.1, 0.15) is 11.1 Å². The minimum absolute atomic E-state index is 0.319. The molecule has 0 unspecified atom stereocenters. The Bertz CT molecular complexity index is 642. The molecule has 0 aromatic heterocycles. The number of ether oxygens (including phenoxy) is 1. The lowest BCUT2D eigenvalue weighted by molar-refractivity contribution is 0.354. The summed E-state index contributed by atoms with van der Waals surface area (Å²) in [6.45, 7) is 0.695. The van der Waals surface area contributed by atoms with Crippen molar-refractivity contribution in [3.05, 3.63) is 52.3 Å². The average molecular weight is 310 g/mol. The molecule has 0 fully saturated rings. The number of benzene rings is 2. The first kappa shape index (κ1) is 13.6. The van der Waals surface area contributed by atoms with E-state index >= 15 is 0 Å². The molecule has 1 aliphatic heterocycles. The first-order valence-electron chi connectivity index (χ1n) is 6.25. The molecule has 2 aromatic carbocycles. The van der Waals surface area contributed by atoms with E-state index in [2.05, 4.69) is 0 Å². The van der Waals surface area contributed by atoms with Crippen molar-refractivity contribution in [2.75, 3.05) is 12.3 Å². The van der Waals surface area contributed by atoms with Crippen LogP contribution in [0.4, 0.5) is 10.1 Å². The third-order valence-electron chi connectivity index (χ3n) is 3.11. The first-order chi connectivity index (χ1) is 9.61. The van der Waals surface area contributed by atoms with Crippen LogP contribution in [0.2, 0.25) is 5.02 Å². The number of hydrogen-bond acceptors (Lipinski definition) is 3. The second-order valence-electron chi connectivity index (χ2n) is 4.66. The van der Waals surface area contributed by atoms with Crippen LogP contribution < -0.4 is 10.5 Å². The van der Waals surface area contributed by atoms with Gasteiger partial charge in [0.15, 0.2) is 0 Å². The molecule has 104 valence electrons. The van der Waals surface area contributed by atoms with Gasteiger partial charge in [-0.15, -0.1) is 11.8 Å². The molecule has 2 N–H and O–H groups in total. The normalized spacial score (nSPS) is 13.1. The van der Waals surface area contributed by atoms with E-state index in [0.717, 1.165) is 28.2 Å². The standard InChI is InChI=1S/C15H13ClFNOS/c16-11-3-9-1-2-19-15(9)10(4-11)8-20-14-6-12(17)5-13(18)7-14/h3-7H,1-2,8,18H2. The fourth-order valence-electron chi connectivity index (χ4n) is 2.28. The highest BCUT2D eigenvalue weighted by atomic mass is 35.5. The molecule has 0 spiro atoms. The highest BCUT2D eigenvalue weighted by Crippen LogP contribution is 2.36. The van der Waals surface area contributed by atoms with Crippen molar-refractivity contribution in [3.63, 3.8) is 0 Å².